The zero-order valence-electron chi connectivity index (χ0n) is 25.6. The minimum absolute atomic E-state index is 0.0134. The molecule has 3 N–H and O–H groups in total. The molecule has 242 valence electrons. The van der Waals surface area contributed by atoms with Crippen LogP contribution < -0.4 is 20.7 Å². The smallest absolute Gasteiger partial charge is 0.312 e. The molecule has 0 aromatic heterocycles. The largest absolute Gasteiger partial charge is 0.491 e. The van der Waals surface area contributed by atoms with Gasteiger partial charge in [0.05, 0.1) is 46.0 Å². The molecular weight excluding hydrogens is 601 g/mol. The number of fused-ring (bicyclic) bond motifs is 4. The molecule has 7 rings (SSSR count). The van der Waals surface area contributed by atoms with Crippen molar-refractivity contribution in [2.75, 3.05) is 10.7 Å². The Hall–Kier alpha value is -3.51. The van der Waals surface area contributed by atoms with E-state index in [2.05, 4.69) is 5.32 Å². The molecule has 0 saturated heterocycles. The van der Waals surface area contributed by atoms with E-state index < -0.39 is 50.2 Å². The Morgan fingerprint density at radius 3 is 2.29 bits per heavy atom. The highest BCUT2D eigenvalue weighted by atomic mass is 32.2. The molecule has 12 heteroatoms. The van der Waals surface area contributed by atoms with Crippen LogP contribution in [-0.4, -0.2) is 55.7 Å². The van der Waals surface area contributed by atoms with E-state index in [1.807, 2.05) is 13.8 Å². The summed E-state index contributed by atoms with van der Waals surface area (Å²) in [6.07, 6.45) is 6.25. The fraction of sp³-hybridized carbons (Fsp3) is 0.545. The summed E-state index contributed by atoms with van der Waals surface area (Å²) < 4.78 is 53.5. The third kappa shape index (κ3) is 6.06. The number of hydrogen-bond acceptors (Lipinski definition) is 8. The SMILES string of the molecule is CC(C)Oc1ccc(CN2C(=O)[C@@H](N)CS(=O)(=O)c3cc(F)c(C(=O)NC45CCC(C(=O)OC6CCC6)(CC4)CC5)cc32)cc1. The number of nitrogens with one attached hydrogen (secondary N) is 1. The molecule has 0 unspecified atom stereocenters. The van der Waals surface area contributed by atoms with Crippen LogP contribution in [-0.2, 0) is 30.7 Å². The Morgan fingerprint density at radius 2 is 1.71 bits per heavy atom. The van der Waals surface area contributed by atoms with E-state index in [1.165, 1.54) is 4.90 Å². The molecule has 4 saturated carbocycles. The molecule has 10 nitrogen and oxygen atoms in total. The Morgan fingerprint density at radius 1 is 1.07 bits per heavy atom. The number of esters is 1. The van der Waals surface area contributed by atoms with Crippen LogP contribution in [0.5, 0.6) is 5.75 Å². The molecule has 45 heavy (non-hydrogen) atoms. The number of rotatable bonds is 8. The first-order valence-electron chi connectivity index (χ1n) is 15.7. The van der Waals surface area contributed by atoms with E-state index in [0.717, 1.165) is 31.4 Å². The van der Waals surface area contributed by atoms with Crippen LogP contribution in [0.1, 0.15) is 87.6 Å². The molecule has 0 spiro atoms. The van der Waals surface area contributed by atoms with E-state index >= 15 is 4.39 Å². The second-order valence-corrected chi connectivity index (χ2v) is 15.4. The van der Waals surface area contributed by atoms with Crippen molar-refractivity contribution < 1.29 is 36.7 Å². The quantitative estimate of drug-likeness (QED) is 0.409. The van der Waals surface area contributed by atoms with Gasteiger partial charge in [-0.15, -0.1) is 0 Å². The molecule has 2 aromatic carbocycles. The van der Waals surface area contributed by atoms with Crippen molar-refractivity contribution in [2.24, 2.45) is 11.1 Å². The van der Waals surface area contributed by atoms with Crippen LogP contribution in [0.25, 0.3) is 0 Å². The van der Waals surface area contributed by atoms with E-state index in [1.54, 1.807) is 24.3 Å². The van der Waals surface area contributed by atoms with Crippen LogP contribution in [0.4, 0.5) is 10.1 Å². The van der Waals surface area contributed by atoms with Crippen molar-refractivity contribution in [1.82, 2.24) is 5.32 Å². The van der Waals surface area contributed by atoms with Crippen molar-refractivity contribution in [3.05, 3.63) is 53.3 Å². The van der Waals surface area contributed by atoms with Gasteiger partial charge in [0.1, 0.15) is 17.7 Å². The molecule has 2 aromatic rings. The summed E-state index contributed by atoms with van der Waals surface area (Å²) in [6, 6.07) is 7.58. The van der Waals surface area contributed by atoms with Gasteiger partial charge < -0.3 is 25.4 Å². The van der Waals surface area contributed by atoms with Gasteiger partial charge in [0.15, 0.2) is 9.84 Å². The maximum absolute atomic E-state index is 15.6. The number of amides is 2. The number of nitrogens with zero attached hydrogens (tertiary/aromatic N) is 1. The minimum atomic E-state index is -4.15. The van der Waals surface area contributed by atoms with Crippen LogP contribution in [0.2, 0.25) is 0 Å². The predicted molar refractivity (Wildman–Crippen MR) is 164 cm³/mol. The maximum Gasteiger partial charge on any atom is 0.312 e. The molecule has 5 aliphatic rings. The topological polar surface area (TPSA) is 145 Å². The monoisotopic (exact) mass is 641 g/mol. The molecule has 2 bridgehead atoms. The van der Waals surface area contributed by atoms with Gasteiger partial charge in [0.2, 0.25) is 5.91 Å². The van der Waals surface area contributed by atoms with E-state index in [0.29, 0.717) is 49.8 Å². The number of ether oxygens (including phenoxy) is 2. The number of benzene rings is 2. The normalized spacial score (nSPS) is 27.4. The lowest BCUT2D eigenvalue weighted by Gasteiger charge is -2.52. The fourth-order valence-corrected chi connectivity index (χ4v) is 8.50. The molecular formula is C33H40FN3O7S. The number of nitrogens with two attached hydrogens (primary N) is 1. The number of sulfone groups is 1. The lowest BCUT2D eigenvalue weighted by molar-refractivity contribution is -0.173. The molecule has 4 fully saturated rings. The standard InChI is InChI=1S/C33H40FN3O7S/c1-20(2)43-23-8-6-21(7-9-23)18-37-27-16-24(25(34)17-28(27)45(41,42)19-26(35)30(37)39)29(38)36-33-13-10-32(11-14-33,12-15-33)31(40)44-22-4-3-5-22/h6-9,16-17,20,22,26H,3-5,10-15,18-19,35H2,1-2H3,(H,36,38)/t26-,32?,33?/m0/s1. The van der Waals surface area contributed by atoms with Crippen LogP contribution in [0.15, 0.2) is 41.3 Å². The average Bonchev–Trinajstić information content (AvgIpc) is 3.04. The fourth-order valence-electron chi connectivity index (χ4n) is 6.94. The molecule has 0 radical (unpaired) electrons. The maximum atomic E-state index is 15.6. The van der Waals surface area contributed by atoms with Crippen LogP contribution in [0.3, 0.4) is 0 Å². The van der Waals surface area contributed by atoms with Crippen molar-refractivity contribution in [3.63, 3.8) is 0 Å². The van der Waals surface area contributed by atoms with Crippen molar-refractivity contribution >= 4 is 33.3 Å². The summed E-state index contributed by atoms with van der Waals surface area (Å²) in [4.78, 5) is 40.9. The van der Waals surface area contributed by atoms with Gasteiger partial charge in [0.25, 0.3) is 5.91 Å². The number of anilines is 1. The molecule has 1 atom stereocenters. The highest BCUT2D eigenvalue weighted by Crippen LogP contribution is 2.53. The van der Waals surface area contributed by atoms with E-state index in [4.69, 9.17) is 15.2 Å². The third-order valence-corrected chi connectivity index (χ3v) is 11.7. The highest BCUT2D eigenvalue weighted by molar-refractivity contribution is 7.91. The zero-order valence-corrected chi connectivity index (χ0v) is 26.5. The number of hydrogen-bond donors (Lipinski definition) is 2. The van der Waals surface area contributed by atoms with Gasteiger partial charge in [-0.25, -0.2) is 12.8 Å². The Labute approximate surface area is 262 Å². The summed E-state index contributed by atoms with van der Waals surface area (Å²) in [6.45, 7) is 3.75. The highest BCUT2D eigenvalue weighted by Gasteiger charge is 2.54. The minimum Gasteiger partial charge on any atom is -0.491 e. The number of halogens is 1. The van der Waals surface area contributed by atoms with Gasteiger partial charge in [-0.1, -0.05) is 12.1 Å². The van der Waals surface area contributed by atoms with Gasteiger partial charge in [-0.2, -0.15) is 0 Å². The molecule has 1 aliphatic heterocycles. The lowest BCUT2D eigenvalue weighted by Crippen LogP contribution is -2.58. The number of carbonyl (C=O) groups is 3. The average molecular weight is 642 g/mol. The van der Waals surface area contributed by atoms with Crippen molar-refractivity contribution in [1.29, 1.82) is 0 Å². The second-order valence-electron chi connectivity index (χ2n) is 13.4. The summed E-state index contributed by atoms with van der Waals surface area (Å²) in [5, 5.41) is 3.02. The van der Waals surface area contributed by atoms with Gasteiger partial charge >= 0.3 is 5.97 Å². The zero-order chi connectivity index (χ0) is 32.1. The van der Waals surface area contributed by atoms with Gasteiger partial charge in [-0.05, 0) is 101 Å². The first kappa shape index (κ1) is 31.5. The van der Waals surface area contributed by atoms with Crippen molar-refractivity contribution in [2.45, 2.75) is 107 Å². The Kier molecular flexibility index (Phi) is 8.18. The predicted octanol–water partition coefficient (Wildman–Crippen LogP) is 4.18. The lowest BCUT2D eigenvalue weighted by atomic mass is 9.57. The third-order valence-electron chi connectivity index (χ3n) is 9.92. The Bertz CT molecular complexity index is 1600. The summed E-state index contributed by atoms with van der Waals surface area (Å²) >= 11 is 0. The summed E-state index contributed by atoms with van der Waals surface area (Å²) in [5.41, 5.74) is 5.09. The molecule has 1 heterocycles. The molecule has 4 aliphatic carbocycles. The first-order valence-corrected chi connectivity index (χ1v) is 17.4. The summed E-state index contributed by atoms with van der Waals surface area (Å²) in [7, 11) is -4.15. The van der Waals surface area contributed by atoms with Crippen LogP contribution in [0, 0.1) is 11.2 Å². The van der Waals surface area contributed by atoms with Crippen LogP contribution >= 0.6 is 0 Å². The summed E-state index contributed by atoms with van der Waals surface area (Å²) in [5.74, 6) is -2.55. The van der Waals surface area contributed by atoms with Gasteiger partial charge in [-0.3, -0.25) is 14.4 Å². The van der Waals surface area contributed by atoms with E-state index in [-0.39, 0.29) is 40.9 Å². The van der Waals surface area contributed by atoms with E-state index in [9.17, 15) is 22.8 Å². The van der Waals surface area contributed by atoms with Gasteiger partial charge in [0, 0.05) is 5.54 Å². The second kappa shape index (κ2) is 11.7. The first-order chi connectivity index (χ1) is 21.3. The molecule has 2 amide bonds. The van der Waals surface area contributed by atoms with Crippen molar-refractivity contribution in [3.8, 4) is 5.75 Å². The Balaban J connectivity index is 1.25. The number of carbonyl (C=O) groups excluding carboxylic acids is 3.